The Morgan fingerprint density at radius 2 is 1.47 bits per heavy atom. The van der Waals surface area contributed by atoms with Crippen molar-refractivity contribution in [3.63, 3.8) is 0 Å². The van der Waals surface area contributed by atoms with Gasteiger partial charge >= 0.3 is 11.9 Å². The molecule has 0 unspecified atom stereocenters. The van der Waals surface area contributed by atoms with Crippen molar-refractivity contribution in [2.75, 3.05) is 20.8 Å². The Bertz CT molecular complexity index is 1180. The SMILES string of the molecule is CCOc1cc(-c2c(C(=O)OC)c(C)nc(C)c2C(=O)OC)ccc1OCc1cccc(C)c1. The zero-order valence-corrected chi connectivity index (χ0v) is 20.4. The van der Waals surface area contributed by atoms with Crippen molar-refractivity contribution in [2.24, 2.45) is 0 Å². The van der Waals surface area contributed by atoms with E-state index in [0.717, 1.165) is 11.1 Å². The zero-order valence-electron chi connectivity index (χ0n) is 20.4. The van der Waals surface area contributed by atoms with Crippen LogP contribution in [0.2, 0.25) is 0 Å². The lowest BCUT2D eigenvalue weighted by Gasteiger charge is -2.19. The monoisotopic (exact) mass is 463 g/mol. The summed E-state index contributed by atoms with van der Waals surface area (Å²) in [4.78, 5) is 29.8. The number of ether oxygens (including phenoxy) is 4. The van der Waals surface area contributed by atoms with Crippen LogP contribution in [0.4, 0.5) is 0 Å². The van der Waals surface area contributed by atoms with E-state index in [1.807, 2.05) is 32.0 Å². The number of methoxy groups -OCH3 is 2. The van der Waals surface area contributed by atoms with Crippen molar-refractivity contribution in [1.82, 2.24) is 4.98 Å². The van der Waals surface area contributed by atoms with Crippen molar-refractivity contribution in [3.8, 4) is 22.6 Å². The molecule has 0 saturated carbocycles. The summed E-state index contributed by atoms with van der Waals surface area (Å²) in [6.45, 7) is 8.08. The van der Waals surface area contributed by atoms with Crippen LogP contribution < -0.4 is 9.47 Å². The van der Waals surface area contributed by atoms with Gasteiger partial charge in [-0.05, 0) is 51.0 Å². The number of hydrogen-bond donors (Lipinski definition) is 0. The molecule has 0 aliphatic heterocycles. The van der Waals surface area contributed by atoms with E-state index in [0.29, 0.717) is 47.2 Å². The summed E-state index contributed by atoms with van der Waals surface area (Å²) in [5.74, 6) is -0.147. The maximum absolute atomic E-state index is 12.7. The molecular weight excluding hydrogens is 434 g/mol. The van der Waals surface area contributed by atoms with Gasteiger partial charge in [-0.15, -0.1) is 0 Å². The maximum atomic E-state index is 12.7. The highest BCUT2D eigenvalue weighted by atomic mass is 16.5. The molecule has 2 aromatic carbocycles. The molecule has 0 bridgehead atoms. The van der Waals surface area contributed by atoms with Crippen LogP contribution in [0.15, 0.2) is 42.5 Å². The van der Waals surface area contributed by atoms with Crippen molar-refractivity contribution in [2.45, 2.75) is 34.3 Å². The van der Waals surface area contributed by atoms with Crippen LogP contribution in [0.3, 0.4) is 0 Å². The number of carbonyl (C=O) groups is 2. The summed E-state index contributed by atoms with van der Waals surface area (Å²) in [5.41, 5.74) is 4.45. The molecular formula is C27H29NO6. The molecule has 3 aromatic rings. The van der Waals surface area contributed by atoms with E-state index >= 15 is 0 Å². The van der Waals surface area contributed by atoms with Crippen LogP contribution in [-0.2, 0) is 16.1 Å². The third kappa shape index (κ3) is 5.20. The van der Waals surface area contributed by atoms with Crippen LogP contribution in [-0.4, -0.2) is 37.7 Å². The lowest BCUT2D eigenvalue weighted by atomic mass is 9.92. The van der Waals surface area contributed by atoms with Gasteiger partial charge in [-0.1, -0.05) is 35.9 Å². The number of hydrogen-bond acceptors (Lipinski definition) is 7. The van der Waals surface area contributed by atoms with Gasteiger partial charge in [0.25, 0.3) is 0 Å². The van der Waals surface area contributed by atoms with E-state index < -0.39 is 11.9 Å². The van der Waals surface area contributed by atoms with Crippen molar-refractivity contribution in [3.05, 3.63) is 76.1 Å². The van der Waals surface area contributed by atoms with Gasteiger partial charge in [-0.2, -0.15) is 0 Å². The van der Waals surface area contributed by atoms with Crippen LogP contribution in [0.5, 0.6) is 11.5 Å². The summed E-state index contributed by atoms with van der Waals surface area (Å²) in [6.07, 6.45) is 0. The Hall–Kier alpha value is -3.87. The second-order valence-corrected chi connectivity index (χ2v) is 7.76. The first kappa shape index (κ1) is 24.8. The molecule has 34 heavy (non-hydrogen) atoms. The average molecular weight is 464 g/mol. The molecule has 0 amide bonds. The number of pyridine rings is 1. The smallest absolute Gasteiger partial charge is 0.340 e. The quantitative estimate of drug-likeness (QED) is 0.423. The van der Waals surface area contributed by atoms with Crippen molar-refractivity contribution in [1.29, 1.82) is 0 Å². The van der Waals surface area contributed by atoms with Crippen LogP contribution in [0, 0.1) is 20.8 Å². The first-order valence-electron chi connectivity index (χ1n) is 10.9. The second-order valence-electron chi connectivity index (χ2n) is 7.76. The number of esters is 2. The number of carbonyl (C=O) groups excluding carboxylic acids is 2. The highest BCUT2D eigenvalue weighted by molar-refractivity contribution is 6.07. The molecule has 7 nitrogen and oxygen atoms in total. The van der Waals surface area contributed by atoms with Crippen LogP contribution in [0.25, 0.3) is 11.1 Å². The van der Waals surface area contributed by atoms with Gasteiger partial charge in [0.1, 0.15) is 6.61 Å². The molecule has 0 saturated heterocycles. The lowest BCUT2D eigenvalue weighted by molar-refractivity contribution is 0.0599. The van der Waals surface area contributed by atoms with Gasteiger partial charge in [0.15, 0.2) is 11.5 Å². The van der Waals surface area contributed by atoms with Crippen LogP contribution >= 0.6 is 0 Å². The van der Waals surface area contributed by atoms with Gasteiger partial charge in [0, 0.05) is 5.56 Å². The molecule has 1 heterocycles. The first-order valence-corrected chi connectivity index (χ1v) is 10.9. The molecule has 0 aliphatic rings. The number of nitrogens with zero attached hydrogens (tertiary/aromatic N) is 1. The molecule has 0 N–H and O–H groups in total. The minimum absolute atomic E-state index is 0.198. The minimum atomic E-state index is -0.595. The Morgan fingerprint density at radius 1 is 0.824 bits per heavy atom. The molecule has 178 valence electrons. The topological polar surface area (TPSA) is 84.0 Å². The molecule has 0 atom stereocenters. The predicted octanol–water partition coefficient (Wildman–Crippen LogP) is 5.22. The Morgan fingerprint density at radius 3 is 2.03 bits per heavy atom. The zero-order chi connectivity index (χ0) is 24.8. The Balaban J connectivity index is 2.14. The highest BCUT2D eigenvalue weighted by Gasteiger charge is 2.28. The van der Waals surface area contributed by atoms with Gasteiger partial charge < -0.3 is 18.9 Å². The largest absolute Gasteiger partial charge is 0.490 e. The Labute approximate surface area is 199 Å². The van der Waals surface area contributed by atoms with Gasteiger partial charge in [-0.3, -0.25) is 4.98 Å². The standard InChI is InChI=1S/C27H29NO6/c1-7-33-22-14-20(11-12-21(22)34-15-19-10-8-9-16(2)13-19)25-23(26(29)31-5)17(3)28-18(4)24(25)27(30)32-6/h8-14H,7,15H2,1-6H3. The van der Waals surface area contributed by atoms with Gasteiger partial charge in [0.2, 0.25) is 0 Å². The van der Waals surface area contributed by atoms with Gasteiger partial charge in [-0.25, -0.2) is 9.59 Å². The average Bonchev–Trinajstić information content (AvgIpc) is 2.82. The minimum Gasteiger partial charge on any atom is -0.490 e. The summed E-state index contributed by atoms with van der Waals surface area (Å²) < 4.78 is 21.9. The molecule has 0 radical (unpaired) electrons. The number of benzene rings is 2. The summed E-state index contributed by atoms with van der Waals surface area (Å²) >= 11 is 0. The van der Waals surface area contributed by atoms with E-state index in [1.54, 1.807) is 32.0 Å². The summed E-state index contributed by atoms with van der Waals surface area (Å²) in [7, 11) is 2.58. The van der Waals surface area contributed by atoms with E-state index in [1.165, 1.54) is 14.2 Å². The molecule has 3 rings (SSSR count). The first-order chi connectivity index (χ1) is 16.3. The lowest BCUT2D eigenvalue weighted by Crippen LogP contribution is -2.16. The number of rotatable bonds is 8. The molecule has 0 aliphatic carbocycles. The maximum Gasteiger partial charge on any atom is 0.340 e. The molecule has 7 heteroatoms. The fraction of sp³-hybridized carbons (Fsp3) is 0.296. The second kappa shape index (κ2) is 10.8. The van der Waals surface area contributed by atoms with Crippen molar-refractivity contribution >= 4 is 11.9 Å². The molecule has 1 aromatic heterocycles. The van der Waals surface area contributed by atoms with Crippen LogP contribution in [0.1, 0.15) is 50.2 Å². The summed E-state index contributed by atoms with van der Waals surface area (Å²) in [5, 5.41) is 0. The number of aryl methyl sites for hydroxylation is 3. The normalized spacial score (nSPS) is 10.5. The fourth-order valence-corrected chi connectivity index (χ4v) is 3.86. The van der Waals surface area contributed by atoms with E-state index in [2.05, 4.69) is 11.1 Å². The molecule has 0 fully saturated rings. The molecule has 0 spiro atoms. The third-order valence-electron chi connectivity index (χ3n) is 5.35. The predicted molar refractivity (Wildman–Crippen MR) is 129 cm³/mol. The number of aromatic nitrogens is 1. The highest BCUT2D eigenvalue weighted by Crippen LogP contribution is 2.38. The van der Waals surface area contributed by atoms with Gasteiger partial charge in [0.05, 0.1) is 43.3 Å². The van der Waals surface area contributed by atoms with Crippen molar-refractivity contribution < 1.29 is 28.5 Å². The summed E-state index contributed by atoms with van der Waals surface area (Å²) in [6, 6.07) is 13.4. The fourth-order valence-electron chi connectivity index (χ4n) is 3.86. The van der Waals surface area contributed by atoms with E-state index in [-0.39, 0.29) is 11.1 Å². The third-order valence-corrected chi connectivity index (χ3v) is 5.35. The van der Waals surface area contributed by atoms with E-state index in [9.17, 15) is 9.59 Å². The van der Waals surface area contributed by atoms with E-state index in [4.69, 9.17) is 18.9 Å². The Kier molecular flexibility index (Phi) is 7.89.